The number of hydrogen-bond acceptors (Lipinski definition) is 4. The maximum absolute atomic E-state index is 13.0. The summed E-state index contributed by atoms with van der Waals surface area (Å²) >= 11 is 0. The molecule has 0 unspecified atom stereocenters. The van der Waals surface area contributed by atoms with Crippen molar-refractivity contribution in [3.63, 3.8) is 0 Å². The van der Waals surface area contributed by atoms with Crippen molar-refractivity contribution in [3.05, 3.63) is 46.2 Å². The Morgan fingerprint density at radius 2 is 1.67 bits per heavy atom. The molecule has 0 saturated heterocycles. The van der Waals surface area contributed by atoms with E-state index in [1.807, 2.05) is 19.1 Å². The van der Waals surface area contributed by atoms with Gasteiger partial charge in [0.25, 0.3) is 5.56 Å². The second-order valence-corrected chi connectivity index (χ2v) is 5.56. The molecule has 5 nitrogen and oxygen atoms in total. The monoisotopic (exact) mass is 325 g/mol. The normalized spacial score (nSPS) is 11.0. The quantitative estimate of drug-likeness (QED) is 0.545. The fraction of sp³-hybridized carbons (Fsp3) is 0.263. The van der Waals surface area contributed by atoms with E-state index in [4.69, 9.17) is 9.47 Å². The van der Waals surface area contributed by atoms with Gasteiger partial charge in [0.05, 0.1) is 25.1 Å². The second kappa shape index (κ2) is 6.00. The van der Waals surface area contributed by atoms with Crippen LogP contribution >= 0.6 is 0 Å². The van der Waals surface area contributed by atoms with Gasteiger partial charge < -0.3 is 14.0 Å². The molecule has 0 aliphatic carbocycles. The maximum Gasteiger partial charge on any atom is 0.259 e. The number of ketones is 1. The van der Waals surface area contributed by atoms with Crippen LogP contribution in [0.25, 0.3) is 21.7 Å². The summed E-state index contributed by atoms with van der Waals surface area (Å²) in [6.45, 7) is 3.88. The van der Waals surface area contributed by atoms with E-state index in [9.17, 15) is 9.59 Å². The van der Waals surface area contributed by atoms with Gasteiger partial charge >= 0.3 is 0 Å². The highest BCUT2D eigenvalue weighted by molar-refractivity contribution is 6.14. The highest BCUT2D eigenvalue weighted by atomic mass is 16.5. The predicted molar refractivity (Wildman–Crippen MR) is 94.5 cm³/mol. The highest BCUT2D eigenvalue weighted by Crippen LogP contribution is 2.35. The van der Waals surface area contributed by atoms with Gasteiger partial charge in [-0.05, 0) is 32.0 Å². The summed E-state index contributed by atoms with van der Waals surface area (Å²) in [5.74, 6) is 0.988. The van der Waals surface area contributed by atoms with Crippen molar-refractivity contribution >= 4 is 27.5 Å². The van der Waals surface area contributed by atoms with E-state index < -0.39 is 0 Å². The first-order chi connectivity index (χ1) is 11.5. The van der Waals surface area contributed by atoms with Crippen molar-refractivity contribution < 1.29 is 14.3 Å². The maximum atomic E-state index is 13.0. The lowest BCUT2D eigenvalue weighted by atomic mass is 10.0. The number of carbonyl (C=O) groups excluding carboxylic acids is 1. The lowest BCUT2D eigenvalue weighted by molar-refractivity contribution is 0.101. The van der Waals surface area contributed by atoms with Crippen LogP contribution in [0.3, 0.4) is 0 Å². The topological polar surface area (TPSA) is 57.5 Å². The third-order valence-corrected chi connectivity index (χ3v) is 4.29. The number of Topliss-reactive ketones (excluding diaryl/α,β-unsaturated/α-hetero) is 1. The summed E-state index contributed by atoms with van der Waals surface area (Å²) < 4.78 is 12.3. The fourth-order valence-corrected chi connectivity index (χ4v) is 3.16. The van der Waals surface area contributed by atoms with Crippen LogP contribution in [0.2, 0.25) is 0 Å². The highest BCUT2D eigenvalue weighted by Gasteiger charge is 2.17. The number of benzene rings is 2. The molecule has 2 aromatic carbocycles. The average molecular weight is 325 g/mol. The van der Waals surface area contributed by atoms with Crippen LogP contribution in [0.5, 0.6) is 11.5 Å². The van der Waals surface area contributed by atoms with E-state index in [0.29, 0.717) is 34.5 Å². The van der Waals surface area contributed by atoms with E-state index in [1.165, 1.54) is 14.0 Å². The van der Waals surface area contributed by atoms with Gasteiger partial charge in [0, 0.05) is 22.9 Å². The Bertz CT molecular complexity index is 1020. The zero-order valence-corrected chi connectivity index (χ0v) is 14.2. The van der Waals surface area contributed by atoms with Crippen LogP contribution in [-0.4, -0.2) is 24.6 Å². The largest absolute Gasteiger partial charge is 0.493 e. The van der Waals surface area contributed by atoms with Crippen molar-refractivity contribution in [2.24, 2.45) is 0 Å². The Labute approximate surface area is 139 Å². The minimum Gasteiger partial charge on any atom is -0.493 e. The van der Waals surface area contributed by atoms with Gasteiger partial charge in [-0.2, -0.15) is 0 Å². The van der Waals surface area contributed by atoms with Crippen LogP contribution in [0.1, 0.15) is 24.2 Å². The number of ether oxygens (including phenoxy) is 2. The zero-order valence-electron chi connectivity index (χ0n) is 14.2. The molecule has 0 atom stereocenters. The third-order valence-electron chi connectivity index (χ3n) is 4.29. The first-order valence-corrected chi connectivity index (χ1v) is 7.75. The Kier molecular flexibility index (Phi) is 4.01. The molecule has 0 amide bonds. The number of nitrogens with zero attached hydrogens (tertiary/aromatic N) is 1. The van der Waals surface area contributed by atoms with E-state index in [2.05, 4.69) is 0 Å². The van der Waals surface area contributed by atoms with Gasteiger partial charge in [-0.15, -0.1) is 0 Å². The van der Waals surface area contributed by atoms with Crippen molar-refractivity contribution in [1.82, 2.24) is 4.57 Å². The molecular weight excluding hydrogens is 306 g/mol. The van der Waals surface area contributed by atoms with E-state index >= 15 is 0 Å². The molecule has 5 heteroatoms. The first kappa shape index (κ1) is 16.1. The molecule has 1 aromatic heterocycles. The zero-order chi connectivity index (χ0) is 17.4. The Morgan fingerprint density at radius 3 is 2.21 bits per heavy atom. The van der Waals surface area contributed by atoms with Crippen molar-refractivity contribution in [3.8, 4) is 11.5 Å². The number of para-hydroxylation sites is 1. The predicted octanol–water partition coefficient (Wildman–Crippen LogP) is 3.39. The fourth-order valence-electron chi connectivity index (χ4n) is 3.16. The lowest BCUT2D eigenvalue weighted by Crippen LogP contribution is -2.21. The van der Waals surface area contributed by atoms with Gasteiger partial charge in [-0.25, -0.2) is 0 Å². The smallest absolute Gasteiger partial charge is 0.259 e. The summed E-state index contributed by atoms with van der Waals surface area (Å²) in [6, 6.07) is 8.99. The molecule has 0 aliphatic heterocycles. The van der Waals surface area contributed by atoms with Crippen LogP contribution in [0, 0.1) is 0 Å². The number of hydrogen-bond donors (Lipinski definition) is 0. The molecule has 0 bridgehead atoms. The van der Waals surface area contributed by atoms with E-state index in [1.54, 1.807) is 29.9 Å². The number of aromatic nitrogens is 1. The average Bonchev–Trinajstić information content (AvgIpc) is 2.60. The Hall–Kier alpha value is -2.82. The molecule has 0 spiro atoms. The van der Waals surface area contributed by atoms with Gasteiger partial charge in [0.1, 0.15) is 0 Å². The minimum atomic E-state index is -0.144. The number of carbonyl (C=O) groups is 1. The summed E-state index contributed by atoms with van der Waals surface area (Å²) in [4.78, 5) is 25.0. The van der Waals surface area contributed by atoms with Crippen LogP contribution < -0.4 is 15.0 Å². The van der Waals surface area contributed by atoms with Gasteiger partial charge in [0.15, 0.2) is 17.3 Å². The van der Waals surface area contributed by atoms with Gasteiger partial charge in [-0.3, -0.25) is 9.59 Å². The molecule has 3 aromatic rings. The third kappa shape index (κ3) is 2.24. The lowest BCUT2D eigenvalue weighted by Gasteiger charge is -2.16. The number of aryl methyl sites for hydroxylation is 1. The molecule has 124 valence electrons. The number of pyridine rings is 1. The molecule has 0 N–H and O–H groups in total. The molecule has 0 fully saturated rings. The SMILES string of the molecule is CCn1c(=O)c2cc(OC)c(OC)cc2c2cccc(C(C)=O)c21. The second-order valence-electron chi connectivity index (χ2n) is 5.56. The molecule has 1 heterocycles. The number of rotatable bonds is 4. The molecule has 0 saturated carbocycles. The molecule has 0 aliphatic rings. The van der Waals surface area contributed by atoms with Gasteiger partial charge in [-0.1, -0.05) is 12.1 Å². The molecular formula is C19H19NO4. The van der Waals surface area contributed by atoms with Crippen LogP contribution in [-0.2, 0) is 6.54 Å². The number of methoxy groups -OCH3 is 2. The Morgan fingerprint density at radius 1 is 1.04 bits per heavy atom. The summed E-state index contributed by atoms with van der Waals surface area (Å²) in [7, 11) is 3.09. The molecule has 3 rings (SSSR count). The number of fused-ring (bicyclic) bond motifs is 3. The Balaban J connectivity index is 2.62. The van der Waals surface area contributed by atoms with E-state index in [0.717, 1.165) is 10.8 Å². The van der Waals surface area contributed by atoms with Crippen LogP contribution in [0.15, 0.2) is 35.1 Å². The summed E-state index contributed by atoms with van der Waals surface area (Å²) in [6.07, 6.45) is 0. The van der Waals surface area contributed by atoms with E-state index in [-0.39, 0.29) is 11.3 Å². The summed E-state index contributed by atoms with van der Waals surface area (Å²) in [5, 5.41) is 2.14. The van der Waals surface area contributed by atoms with Gasteiger partial charge in [0.2, 0.25) is 0 Å². The first-order valence-electron chi connectivity index (χ1n) is 7.75. The van der Waals surface area contributed by atoms with Crippen molar-refractivity contribution in [2.75, 3.05) is 14.2 Å². The van der Waals surface area contributed by atoms with Crippen molar-refractivity contribution in [2.45, 2.75) is 20.4 Å². The van der Waals surface area contributed by atoms with Crippen LogP contribution in [0.4, 0.5) is 0 Å². The standard InChI is InChI=1S/C19H19NO4/c1-5-20-18-12(11(2)21)7-6-8-13(18)14-9-16(23-3)17(24-4)10-15(14)19(20)22/h6-10H,5H2,1-4H3. The summed E-state index contributed by atoms with van der Waals surface area (Å²) in [5.41, 5.74) is 1.06. The minimum absolute atomic E-state index is 0.0676. The molecule has 0 radical (unpaired) electrons. The molecule has 24 heavy (non-hydrogen) atoms. The van der Waals surface area contributed by atoms with Crippen molar-refractivity contribution in [1.29, 1.82) is 0 Å².